The van der Waals surface area contributed by atoms with Crippen LogP contribution < -0.4 is 0 Å². The fourth-order valence-corrected chi connectivity index (χ4v) is 2.46. The minimum Gasteiger partial charge on any atom is -0.481 e. The first-order chi connectivity index (χ1) is 8.56. The molecule has 5 heteroatoms. The van der Waals surface area contributed by atoms with Crippen molar-refractivity contribution in [2.45, 2.75) is 51.5 Å². The third kappa shape index (κ3) is 4.20. The lowest BCUT2D eigenvalue weighted by atomic mass is 10.0. The van der Waals surface area contributed by atoms with E-state index in [1.807, 2.05) is 4.90 Å². The second-order valence-corrected chi connectivity index (χ2v) is 4.95. The number of hydrogen-bond acceptors (Lipinski definition) is 2. The first-order valence-corrected chi connectivity index (χ1v) is 6.79. The summed E-state index contributed by atoms with van der Waals surface area (Å²) in [5.41, 5.74) is 0. The topological polar surface area (TPSA) is 60.9 Å². The van der Waals surface area contributed by atoms with E-state index < -0.39 is 5.97 Å². The van der Waals surface area contributed by atoms with Gasteiger partial charge in [-0.1, -0.05) is 6.92 Å². The van der Waals surface area contributed by atoms with Gasteiger partial charge in [0.25, 0.3) is 0 Å². The molecule has 0 radical (unpaired) electrons. The number of aliphatic carboxylic acids is 1. The van der Waals surface area contributed by atoms with Crippen molar-refractivity contribution in [3.8, 4) is 0 Å². The highest BCUT2D eigenvalue weighted by Crippen LogP contribution is 2.20. The number of nitrogens with zero attached hydrogens (tertiary/aromatic N) is 2. The Bertz CT molecular complexity index is 294. The zero-order valence-electron chi connectivity index (χ0n) is 11.4. The molecule has 0 aromatic rings. The number of amides is 2. The van der Waals surface area contributed by atoms with Crippen LogP contribution in [0.15, 0.2) is 0 Å². The molecular formula is C13H24N2O3. The summed E-state index contributed by atoms with van der Waals surface area (Å²) in [7, 11) is 1.76. The quantitative estimate of drug-likeness (QED) is 0.820. The van der Waals surface area contributed by atoms with Crippen LogP contribution in [0.3, 0.4) is 0 Å². The summed E-state index contributed by atoms with van der Waals surface area (Å²) in [5.74, 6) is -0.805. The molecule has 1 aliphatic rings. The summed E-state index contributed by atoms with van der Waals surface area (Å²) in [6.07, 6.45) is 4.99. The van der Waals surface area contributed by atoms with Crippen LogP contribution >= 0.6 is 0 Å². The van der Waals surface area contributed by atoms with Crippen LogP contribution in [-0.4, -0.2) is 53.1 Å². The molecule has 0 spiro atoms. The molecule has 1 aliphatic heterocycles. The zero-order chi connectivity index (χ0) is 13.5. The summed E-state index contributed by atoms with van der Waals surface area (Å²) in [4.78, 5) is 26.3. The number of carbonyl (C=O) groups is 2. The van der Waals surface area contributed by atoms with Crippen molar-refractivity contribution >= 4 is 12.0 Å². The number of piperidine rings is 1. The lowest BCUT2D eigenvalue weighted by Gasteiger charge is -2.37. The van der Waals surface area contributed by atoms with Gasteiger partial charge in [-0.2, -0.15) is 0 Å². The number of likely N-dealkylation sites (tertiary alicyclic amines) is 1. The average molecular weight is 256 g/mol. The lowest BCUT2D eigenvalue weighted by Crippen LogP contribution is -2.49. The molecule has 0 saturated carbocycles. The van der Waals surface area contributed by atoms with Crippen molar-refractivity contribution in [1.82, 2.24) is 9.80 Å². The molecule has 5 nitrogen and oxygen atoms in total. The summed E-state index contributed by atoms with van der Waals surface area (Å²) in [5, 5.41) is 8.58. The molecule has 0 aliphatic carbocycles. The minimum atomic E-state index is -0.805. The van der Waals surface area contributed by atoms with E-state index in [0.29, 0.717) is 19.0 Å². The van der Waals surface area contributed by atoms with Crippen LogP contribution in [0.25, 0.3) is 0 Å². The van der Waals surface area contributed by atoms with Gasteiger partial charge in [0.05, 0.1) is 0 Å². The van der Waals surface area contributed by atoms with Crippen molar-refractivity contribution in [3.63, 3.8) is 0 Å². The molecule has 2 amide bonds. The Kier molecular flexibility index (Phi) is 5.95. The molecule has 0 aromatic heterocycles. The fourth-order valence-electron chi connectivity index (χ4n) is 2.46. The normalized spacial score (nSPS) is 19.7. The van der Waals surface area contributed by atoms with Gasteiger partial charge in [0.2, 0.25) is 0 Å². The predicted molar refractivity (Wildman–Crippen MR) is 69.5 cm³/mol. The van der Waals surface area contributed by atoms with E-state index in [-0.39, 0.29) is 12.5 Å². The van der Waals surface area contributed by atoms with Crippen molar-refractivity contribution in [2.75, 3.05) is 20.1 Å². The van der Waals surface area contributed by atoms with Gasteiger partial charge < -0.3 is 14.9 Å². The van der Waals surface area contributed by atoms with E-state index in [4.69, 9.17) is 5.11 Å². The monoisotopic (exact) mass is 256 g/mol. The molecule has 104 valence electrons. The maximum Gasteiger partial charge on any atom is 0.319 e. The van der Waals surface area contributed by atoms with Crippen LogP contribution in [0.1, 0.15) is 45.4 Å². The number of urea groups is 1. The van der Waals surface area contributed by atoms with Crippen molar-refractivity contribution in [2.24, 2.45) is 0 Å². The number of carbonyl (C=O) groups excluding carboxylic acids is 1. The number of rotatable bonds is 5. The van der Waals surface area contributed by atoms with Crippen molar-refractivity contribution in [1.29, 1.82) is 0 Å². The molecule has 1 rings (SSSR count). The van der Waals surface area contributed by atoms with Gasteiger partial charge in [0.1, 0.15) is 0 Å². The van der Waals surface area contributed by atoms with Gasteiger partial charge in [-0.25, -0.2) is 4.79 Å². The highest BCUT2D eigenvalue weighted by molar-refractivity contribution is 5.74. The third-order valence-corrected chi connectivity index (χ3v) is 3.55. The van der Waals surface area contributed by atoms with E-state index in [2.05, 4.69) is 6.92 Å². The minimum absolute atomic E-state index is 0.0481. The highest BCUT2D eigenvalue weighted by atomic mass is 16.4. The highest BCUT2D eigenvalue weighted by Gasteiger charge is 2.27. The maximum absolute atomic E-state index is 12.2. The Morgan fingerprint density at radius 2 is 2.11 bits per heavy atom. The van der Waals surface area contributed by atoms with Gasteiger partial charge >= 0.3 is 12.0 Å². The fraction of sp³-hybridized carbons (Fsp3) is 0.846. The van der Waals surface area contributed by atoms with Crippen molar-refractivity contribution in [3.05, 3.63) is 0 Å². The van der Waals surface area contributed by atoms with Crippen LogP contribution in [0.2, 0.25) is 0 Å². The SMILES string of the molecule is CCC1CCCCN1C(=O)N(C)CCCC(=O)O. The Morgan fingerprint density at radius 1 is 1.39 bits per heavy atom. The van der Waals surface area contributed by atoms with Gasteiger partial charge in [-0.05, 0) is 32.1 Å². The zero-order valence-corrected chi connectivity index (χ0v) is 11.4. The summed E-state index contributed by atoms with van der Waals surface area (Å²) < 4.78 is 0. The van der Waals surface area contributed by atoms with Crippen LogP contribution in [0.5, 0.6) is 0 Å². The first kappa shape index (κ1) is 14.8. The molecule has 18 heavy (non-hydrogen) atoms. The van der Waals surface area contributed by atoms with Crippen LogP contribution in [-0.2, 0) is 4.79 Å². The molecule has 1 unspecified atom stereocenters. The van der Waals surface area contributed by atoms with E-state index in [9.17, 15) is 9.59 Å². The summed E-state index contributed by atoms with van der Waals surface area (Å²) in [6, 6.07) is 0.403. The largest absolute Gasteiger partial charge is 0.481 e. The predicted octanol–water partition coefficient (Wildman–Crippen LogP) is 2.17. The van der Waals surface area contributed by atoms with Gasteiger partial charge in [-0.15, -0.1) is 0 Å². The smallest absolute Gasteiger partial charge is 0.319 e. The lowest BCUT2D eigenvalue weighted by molar-refractivity contribution is -0.137. The van der Waals surface area contributed by atoms with Gasteiger partial charge in [0, 0.05) is 32.6 Å². The van der Waals surface area contributed by atoms with E-state index in [1.54, 1.807) is 11.9 Å². The molecule has 1 heterocycles. The average Bonchev–Trinajstić information content (AvgIpc) is 2.37. The van der Waals surface area contributed by atoms with E-state index >= 15 is 0 Å². The molecule has 1 atom stereocenters. The molecule has 1 fully saturated rings. The second-order valence-electron chi connectivity index (χ2n) is 4.95. The summed E-state index contributed by atoms with van der Waals surface area (Å²) in [6.45, 7) is 3.46. The first-order valence-electron chi connectivity index (χ1n) is 6.79. The molecule has 0 bridgehead atoms. The Morgan fingerprint density at radius 3 is 2.72 bits per heavy atom. The standard InChI is InChI=1S/C13H24N2O3/c1-3-11-7-4-5-10-15(11)13(18)14(2)9-6-8-12(16)17/h11H,3-10H2,1-2H3,(H,16,17). The number of carboxylic acids is 1. The molecular weight excluding hydrogens is 232 g/mol. The maximum atomic E-state index is 12.2. The van der Waals surface area contributed by atoms with Gasteiger partial charge in [-0.3, -0.25) is 4.79 Å². The molecule has 0 aromatic carbocycles. The number of hydrogen-bond donors (Lipinski definition) is 1. The Hall–Kier alpha value is -1.26. The van der Waals surface area contributed by atoms with E-state index in [1.165, 1.54) is 6.42 Å². The van der Waals surface area contributed by atoms with Crippen molar-refractivity contribution < 1.29 is 14.7 Å². The molecule has 1 N–H and O–H groups in total. The summed E-state index contributed by atoms with van der Waals surface area (Å²) >= 11 is 0. The number of carboxylic acid groups (broad SMARTS) is 1. The third-order valence-electron chi connectivity index (χ3n) is 3.55. The second kappa shape index (κ2) is 7.24. The van der Waals surface area contributed by atoms with Crippen LogP contribution in [0.4, 0.5) is 4.79 Å². The van der Waals surface area contributed by atoms with Crippen LogP contribution in [0, 0.1) is 0 Å². The Labute approximate surface area is 109 Å². The van der Waals surface area contributed by atoms with E-state index in [0.717, 1.165) is 25.8 Å². The molecule has 1 saturated heterocycles. The Balaban J connectivity index is 2.43. The van der Waals surface area contributed by atoms with Gasteiger partial charge in [0.15, 0.2) is 0 Å².